The van der Waals surface area contributed by atoms with Crippen LogP contribution in [0.15, 0.2) is 65.4 Å². The van der Waals surface area contributed by atoms with Crippen LogP contribution in [0.4, 0.5) is 0 Å². The largest absolute Gasteiger partial charge is 0.459 e. The minimum atomic E-state index is -1.72. The van der Waals surface area contributed by atoms with Crippen molar-refractivity contribution in [1.29, 1.82) is 0 Å². The molecule has 4 unspecified atom stereocenters. The zero-order valence-electron chi connectivity index (χ0n) is 20.6. The quantitative estimate of drug-likeness (QED) is 0.211. The first-order valence-corrected chi connectivity index (χ1v) is 14.5. The molecular weight excluding hydrogens is 474 g/mol. The van der Waals surface area contributed by atoms with Crippen molar-refractivity contribution in [3.05, 3.63) is 80.7 Å². The molecule has 35 heavy (non-hydrogen) atoms. The average Bonchev–Trinajstić information content (AvgIpc) is 3.66. The maximum absolute atomic E-state index is 13.5. The van der Waals surface area contributed by atoms with E-state index in [1.807, 2.05) is 35.0 Å². The molecule has 1 N–H and O–H groups in total. The molecule has 4 nitrogen and oxygen atoms in total. The molecule has 3 aromatic rings. The van der Waals surface area contributed by atoms with E-state index in [1.165, 1.54) is 47.5 Å². The third kappa shape index (κ3) is 4.86. The van der Waals surface area contributed by atoms with Gasteiger partial charge in [0.2, 0.25) is 5.60 Å². The lowest BCUT2D eigenvalue weighted by molar-refractivity contribution is -0.919. The monoisotopic (exact) mass is 510 g/mol. The second-order valence-electron chi connectivity index (χ2n) is 10.8. The summed E-state index contributed by atoms with van der Waals surface area (Å²) < 4.78 is 7.17. The van der Waals surface area contributed by atoms with Gasteiger partial charge < -0.3 is 14.3 Å². The van der Waals surface area contributed by atoms with Crippen LogP contribution in [0.25, 0.3) is 0 Å². The van der Waals surface area contributed by atoms with Crippen molar-refractivity contribution in [1.82, 2.24) is 0 Å². The summed E-state index contributed by atoms with van der Waals surface area (Å²) >= 11 is 2.79. The molecule has 6 heteroatoms. The highest BCUT2D eigenvalue weighted by Gasteiger charge is 2.58. The average molecular weight is 511 g/mol. The number of thiophene rings is 2. The molecule has 4 atom stereocenters. The summed E-state index contributed by atoms with van der Waals surface area (Å²) in [5.41, 5.74) is -0.309. The van der Waals surface area contributed by atoms with Crippen LogP contribution in [0.2, 0.25) is 0 Å². The second-order valence-corrected chi connectivity index (χ2v) is 12.7. The van der Waals surface area contributed by atoms with Gasteiger partial charge in [0.15, 0.2) is 0 Å². The van der Waals surface area contributed by atoms with Gasteiger partial charge in [-0.2, -0.15) is 0 Å². The number of benzene rings is 1. The predicted octanol–water partition coefficient (Wildman–Crippen LogP) is 5.86. The Labute approximate surface area is 216 Å². The van der Waals surface area contributed by atoms with Gasteiger partial charge in [-0.1, -0.05) is 42.5 Å². The first-order valence-electron chi connectivity index (χ1n) is 12.8. The van der Waals surface area contributed by atoms with Crippen molar-refractivity contribution in [2.45, 2.75) is 56.3 Å². The van der Waals surface area contributed by atoms with Crippen LogP contribution in [0.5, 0.6) is 0 Å². The highest BCUT2D eigenvalue weighted by Crippen LogP contribution is 2.51. The van der Waals surface area contributed by atoms with Crippen molar-refractivity contribution < 1.29 is 19.1 Å². The summed E-state index contributed by atoms with van der Waals surface area (Å²) in [4.78, 5) is 14.8. The Balaban J connectivity index is 1.23. The first-order chi connectivity index (χ1) is 16.9. The Bertz CT molecular complexity index is 1060. The molecule has 2 aromatic heterocycles. The first kappa shape index (κ1) is 24.7. The number of carbonyl (C=O) groups is 1. The van der Waals surface area contributed by atoms with Crippen LogP contribution in [0.1, 0.15) is 47.4 Å². The van der Waals surface area contributed by atoms with Crippen LogP contribution < -0.4 is 0 Å². The zero-order valence-corrected chi connectivity index (χ0v) is 22.3. The van der Waals surface area contributed by atoms with Crippen molar-refractivity contribution in [3.63, 3.8) is 0 Å². The third-order valence-corrected chi connectivity index (χ3v) is 10.2. The number of hydrogen-bond donors (Lipinski definition) is 1. The van der Waals surface area contributed by atoms with Gasteiger partial charge in [0.05, 0.1) is 36.4 Å². The fourth-order valence-electron chi connectivity index (χ4n) is 6.61. The summed E-state index contributed by atoms with van der Waals surface area (Å²) in [7, 11) is 4.71. The molecule has 2 bridgehead atoms. The number of rotatable bonds is 10. The SMILES string of the molecule is C[N+](C)(CCCCc1ccccc1)C1C2CCC1C(OC(=O)C(O)(c1cccs1)c1cccs1)C2. The Kier molecular flexibility index (Phi) is 7.18. The highest BCUT2D eigenvalue weighted by atomic mass is 32.1. The number of unbranched alkanes of at least 4 members (excludes halogenated alkanes) is 1. The predicted molar refractivity (Wildman–Crippen MR) is 142 cm³/mol. The number of nitrogens with zero attached hydrogens (tertiary/aromatic N) is 1. The number of quaternary nitrogens is 1. The summed E-state index contributed by atoms with van der Waals surface area (Å²) in [5.74, 6) is 0.425. The van der Waals surface area contributed by atoms with Gasteiger partial charge in [-0.25, -0.2) is 4.79 Å². The number of carbonyl (C=O) groups excluding carboxylic acids is 1. The summed E-state index contributed by atoms with van der Waals surface area (Å²) in [6.45, 7) is 1.14. The van der Waals surface area contributed by atoms with Crippen molar-refractivity contribution in [3.8, 4) is 0 Å². The maximum atomic E-state index is 13.5. The van der Waals surface area contributed by atoms with Gasteiger partial charge in [-0.05, 0) is 67.0 Å². The molecule has 5 rings (SSSR count). The highest BCUT2D eigenvalue weighted by molar-refractivity contribution is 7.12. The normalized spacial score (nSPS) is 24.1. The Morgan fingerprint density at radius 1 is 1.00 bits per heavy atom. The van der Waals surface area contributed by atoms with Crippen LogP contribution >= 0.6 is 22.7 Å². The van der Waals surface area contributed by atoms with E-state index >= 15 is 0 Å². The molecule has 0 saturated heterocycles. The Hall–Kier alpha value is -1.99. The molecule has 2 aliphatic rings. The van der Waals surface area contributed by atoms with Gasteiger partial charge in [-0.15, -0.1) is 22.7 Å². The standard InChI is InChI=1S/C29H36NO3S2/c1-30(2,17-7-6-12-21-10-4-3-5-11-21)27-22-15-16-23(27)24(20-22)33-28(31)29(32,25-13-8-18-34-25)26-14-9-19-35-26/h3-5,8-11,13-14,18-19,22-24,27,32H,6-7,12,15-17,20H2,1-2H3/q+1. The van der Waals surface area contributed by atoms with E-state index in [4.69, 9.17) is 4.74 Å². The topological polar surface area (TPSA) is 46.5 Å². The van der Waals surface area contributed by atoms with Gasteiger partial charge in [0, 0.05) is 11.8 Å². The van der Waals surface area contributed by atoms with E-state index in [0.29, 0.717) is 27.6 Å². The van der Waals surface area contributed by atoms with Crippen LogP contribution in [0.3, 0.4) is 0 Å². The molecular formula is C29H36NO3S2+. The van der Waals surface area contributed by atoms with Crippen LogP contribution in [0, 0.1) is 11.8 Å². The lowest BCUT2D eigenvalue weighted by Gasteiger charge is -2.39. The van der Waals surface area contributed by atoms with E-state index < -0.39 is 11.6 Å². The molecule has 2 aliphatic carbocycles. The summed E-state index contributed by atoms with van der Waals surface area (Å²) in [6.07, 6.45) is 6.64. The van der Waals surface area contributed by atoms with Crippen molar-refractivity contribution in [2.24, 2.45) is 11.8 Å². The number of aliphatic hydroxyl groups is 1. The minimum Gasteiger partial charge on any atom is -0.459 e. The number of fused-ring (bicyclic) bond motifs is 2. The summed E-state index contributed by atoms with van der Waals surface area (Å²) in [5, 5.41) is 15.4. The molecule has 0 amide bonds. The Morgan fingerprint density at radius 3 is 2.31 bits per heavy atom. The van der Waals surface area contributed by atoms with Crippen LogP contribution in [-0.4, -0.2) is 48.3 Å². The lowest BCUT2D eigenvalue weighted by atomic mass is 9.96. The maximum Gasteiger partial charge on any atom is 0.349 e. The van der Waals surface area contributed by atoms with E-state index in [1.54, 1.807) is 0 Å². The van der Waals surface area contributed by atoms with Gasteiger partial charge >= 0.3 is 5.97 Å². The molecule has 0 spiro atoms. The zero-order chi connectivity index (χ0) is 24.5. The number of aryl methyl sites for hydroxylation is 1. The fourth-order valence-corrected chi connectivity index (χ4v) is 8.33. The lowest BCUT2D eigenvalue weighted by Crippen LogP contribution is -2.52. The molecule has 2 heterocycles. The number of esters is 1. The van der Waals surface area contributed by atoms with E-state index in [-0.39, 0.29) is 6.10 Å². The minimum absolute atomic E-state index is 0.112. The van der Waals surface area contributed by atoms with Gasteiger partial charge in [0.25, 0.3) is 0 Å². The fraction of sp³-hybridized carbons (Fsp3) is 0.483. The Morgan fingerprint density at radius 2 is 1.69 bits per heavy atom. The third-order valence-electron chi connectivity index (χ3n) is 8.21. The van der Waals surface area contributed by atoms with E-state index in [2.05, 4.69) is 44.4 Å². The molecule has 2 fully saturated rings. The number of hydrogen-bond acceptors (Lipinski definition) is 5. The summed E-state index contributed by atoms with van der Waals surface area (Å²) in [6, 6.07) is 18.6. The smallest absolute Gasteiger partial charge is 0.349 e. The van der Waals surface area contributed by atoms with Crippen LogP contribution in [-0.2, 0) is 21.6 Å². The molecule has 186 valence electrons. The van der Waals surface area contributed by atoms with Crippen molar-refractivity contribution >= 4 is 28.6 Å². The number of ether oxygens (including phenoxy) is 1. The molecule has 0 aliphatic heterocycles. The molecule has 2 saturated carbocycles. The van der Waals surface area contributed by atoms with Gasteiger partial charge in [-0.3, -0.25) is 0 Å². The molecule has 0 radical (unpaired) electrons. The van der Waals surface area contributed by atoms with Crippen molar-refractivity contribution in [2.75, 3.05) is 20.6 Å². The molecule has 1 aromatic carbocycles. The second kappa shape index (κ2) is 10.2. The van der Waals surface area contributed by atoms with Gasteiger partial charge in [0.1, 0.15) is 6.10 Å². The van der Waals surface area contributed by atoms with E-state index in [9.17, 15) is 9.90 Å². The van der Waals surface area contributed by atoms with E-state index in [0.717, 1.165) is 30.3 Å².